The molecular formula is C9H13FN2O. The third-order valence-electron chi connectivity index (χ3n) is 1.92. The van der Waals surface area contributed by atoms with E-state index in [1.54, 1.807) is 19.1 Å². The second kappa shape index (κ2) is 4.20. The van der Waals surface area contributed by atoms with Crippen LogP contribution in [0.3, 0.4) is 0 Å². The molecule has 1 aromatic carbocycles. The molecule has 1 atom stereocenters. The zero-order valence-electron chi connectivity index (χ0n) is 7.67. The van der Waals surface area contributed by atoms with Crippen molar-refractivity contribution >= 4 is 0 Å². The van der Waals surface area contributed by atoms with E-state index < -0.39 is 0 Å². The lowest BCUT2D eigenvalue weighted by atomic mass is 10.1. The van der Waals surface area contributed by atoms with Gasteiger partial charge in [-0.2, -0.15) is 0 Å². The molecule has 0 spiro atoms. The molecule has 1 aromatic rings. The first-order chi connectivity index (χ1) is 6.19. The molecule has 4 heteroatoms. The minimum Gasteiger partial charge on any atom is -0.497 e. The first kappa shape index (κ1) is 9.95. The lowest BCUT2D eigenvalue weighted by Crippen LogP contribution is -2.26. The first-order valence-corrected chi connectivity index (χ1v) is 3.98. The Morgan fingerprint density at radius 2 is 2.23 bits per heavy atom. The van der Waals surface area contributed by atoms with Crippen LogP contribution < -0.4 is 16.0 Å². The van der Waals surface area contributed by atoms with Gasteiger partial charge in [0.15, 0.2) is 0 Å². The van der Waals surface area contributed by atoms with Gasteiger partial charge >= 0.3 is 0 Å². The second-order valence-electron chi connectivity index (χ2n) is 2.78. The van der Waals surface area contributed by atoms with E-state index in [1.165, 1.54) is 13.2 Å². The van der Waals surface area contributed by atoms with Crippen molar-refractivity contribution in [2.75, 3.05) is 7.11 Å². The Labute approximate surface area is 76.7 Å². The molecule has 0 radical (unpaired) electrons. The van der Waals surface area contributed by atoms with Gasteiger partial charge in [0.25, 0.3) is 0 Å². The van der Waals surface area contributed by atoms with Gasteiger partial charge in [0.2, 0.25) is 0 Å². The molecule has 1 rings (SSSR count). The van der Waals surface area contributed by atoms with Gasteiger partial charge in [-0.3, -0.25) is 11.3 Å². The minimum atomic E-state index is -0.286. The second-order valence-corrected chi connectivity index (χ2v) is 2.78. The van der Waals surface area contributed by atoms with Crippen molar-refractivity contribution in [2.24, 2.45) is 5.84 Å². The predicted molar refractivity (Wildman–Crippen MR) is 48.7 cm³/mol. The molecule has 0 aliphatic heterocycles. The van der Waals surface area contributed by atoms with E-state index >= 15 is 0 Å². The van der Waals surface area contributed by atoms with Crippen molar-refractivity contribution < 1.29 is 9.13 Å². The van der Waals surface area contributed by atoms with E-state index in [1.807, 2.05) is 0 Å². The third-order valence-corrected chi connectivity index (χ3v) is 1.92. The largest absolute Gasteiger partial charge is 0.497 e. The monoisotopic (exact) mass is 184 g/mol. The van der Waals surface area contributed by atoms with Crippen LogP contribution in [0.2, 0.25) is 0 Å². The highest BCUT2D eigenvalue weighted by Crippen LogP contribution is 2.21. The molecule has 0 heterocycles. The molecule has 0 bridgehead atoms. The summed E-state index contributed by atoms with van der Waals surface area (Å²) >= 11 is 0. The van der Waals surface area contributed by atoms with Gasteiger partial charge in [-0.05, 0) is 25.1 Å². The SMILES string of the molecule is COc1ccc(F)c(C(C)NN)c1. The molecule has 13 heavy (non-hydrogen) atoms. The van der Waals surface area contributed by atoms with E-state index in [9.17, 15) is 4.39 Å². The number of nitrogens with two attached hydrogens (primary N) is 1. The van der Waals surface area contributed by atoms with Crippen LogP contribution in [0.5, 0.6) is 5.75 Å². The molecule has 3 N–H and O–H groups in total. The predicted octanol–water partition coefficient (Wildman–Crippen LogP) is 1.36. The van der Waals surface area contributed by atoms with E-state index in [4.69, 9.17) is 10.6 Å². The average Bonchev–Trinajstić information content (AvgIpc) is 2.17. The highest BCUT2D eigenvalue weighted by Gasteiger charge is 2.09. The molecule has 72 valence electrons. The molecule has 3 nitrogen and oxygen atoms in total. The van der Waals surface area contributed by atoms with Gasteiger partial charge in [-0.25, -0.2) is 4.39 Å². The molecule has 0 aliphatic carbocycles. The van der Waals surface area contributed by atoms with Crippen LogP contribution >= 0.6 is 0 Å². The quantitative estimate of drug-likeness (QED) is 0.550. The van der Waals surface area contributed by atoms with Crippen LogP contribution in [0.15, 0.2) is 18.2 Å². The number of hydrogen-bond donors (Lipinski definition) is 2. The summed E-state index contributed by atoms with van der Waals surface area (Å²) in [6.45, 7) is 1.78. The van der Waals surface area contributed by atoms with Crippen LogP contribution in [0.4, 0.5) is 4.39 Å². The maximum absolute atomic E-state index is 13.2. The van der Waals surface area contributed by atoms with E-state index in [2.05, 4.69) is 5.43 Å². The fourth-order valence-corrected chi connectivity index (χ4v) is 1.07. The number of ether oxygens (including phenoxy) is 1. The fraction of sp³-hybridized carbons (Fsp3) is 0.333. The molecule has 0 fully saturated rings. The summed E-state index contributed by atoms with van der Waals surface area (Å²) in [6.07, 6.45) is 0. The number of rotatable bonds is 3. The van der Waals surface area contributed by atoms with Gasteiger partial charge in [-0.15, -0.1) is 0 Å². The van der Waals surface area contributed by atoms with Gasteiger partial charge in [-0.1, -0.05) is 0 Å². The maximum atomic E-state index is 13.2. The molecular weight excluding hydrogens is 171 g/mol. The van der Waals surface area contributed by atoms with Crippen LogP contribution in [0.1, 0.15) is 18.5 Å². The number of benzene rings is 1. The van der Waals surface area contributed by atoms with E-state index in [0.29, 0.717) is 11.3 Å². The zero-order valence-corrected chi connectivity index (χ0v) is 7.67. The smallest absolute Gasteiger partial charge is 0.128 e. The zero-order chi connectivity index (χ0) is 9.84. The Bertz CT molecular complexity index is 291. The van der Waals surface area contributed by atoms with Crippen molar-refractivity contribution in [3.63, 3.8) is 0 Å². The fourth-order valence-electron chi connectivity index (χ4n) is 1.07. The molecule has 0 aliphatic rings. The van der Waals surface area contributed by atoms with Gasteiger partial charge < -0.3 is 4.74 Å². The summed E-state index contributed by atoms with van der Waals surface area (Å²) in [6, 6.07) is 4.33. The van der Waals surface area contributed by atoms with Gasteiger partial charge in [0.1, 0.15) is 11.6 Å². The maximum Gasteiger partial charge on any atom is 0.128 e. The number of hydrazine groups is 1. The van der Waals surface area contributed by atoms with Gasteiger partial charge in [0, 0.05) is 11.6 Å². The molecule has 0 saturated carbocycles. The summed E-state index contributed by atoms with van der Waals surface area (Å²) in [5, 5.41) is 0. The number of nitrogens with one attached hydrogen (secondary N) is 1. The topological polar surface area (TPSA) is 47.3 Å². The highest BCUT2D eigenvalue weighted by atomic mass is 19.1. The third kappa shape index (κ3) is 2.17. The molecule has 1 unspecified atom stereocenters. The number of methoxy groups -OCH3 is 1. The summed E-state index contributed by atoms with van der Waals surface area (Å²) in [7, 11) is 1.54. The van der Waals surface area contributed by atoms with Crippen LogP contribution in [-0.4, -0.2) is 7.11 Å². The van der Waals surface area contributed by atoms with Crippen molar-refractivity contribution in [3.8, 4) is 5.75 Å². The first-order valence-electron chi connectivity index (χ1n) is 3.98. The molecule has 0 aromatic heterocycles. The summed E-state index contributed by atoms with van der Waals surface area (Å²) < 4.78 is 18.2. The number of hydrogen-bond acceptors (Lipinski definition) is 3. The summed E-state index contributed by atoms with van der Waals surface area (Å²) in [5.41, 5.74) is 2.98. The van der Waals surface area contributed by atoms with Crippen molar-refractivity contribution in [1.82, 2.24) is 5.43 Å². The van der Waals surface area contributed by atoms with Crippen molar-refractivity contribution in [1.29, 1.82) is 0 Å². The normalized spacial score (nSPS) is 12.6. The van der Waals surface area contributed by atoms with Crippen molar-refractivity contribution in [2.45, 2.75) is 13.0 Å². The Balaban J connectivity index is 3.03. The molecule has 0 amide bonds. The highest BCUT2D eigenvalue weighted by molar-refractivity contribution is 5.31. The summed E-state index contributed by atoms with van der Waals surface area (Å²) in [4.78, 5) is 0. The Morgan fingerprint density at radius 1 is 1.54 bits per heavy atom. The van der Waals surface area contributed by atoms with E-state index in [-0.39, 0.29) is 11.9 Å². The Kier molecular flexibility index (Phi) is 3.22. The van der Waals surface area contributed by atoms with Crippen LogP contribution in [0, 0.1) is 5.82 Å². The number of halogens is 1. The Hall–Kier alpha value is -1.13. The van der Waals surface area contributed by atoms with Crippen LogP contribution in [0.25, 0.3) is 0 Å². The van der Waals surface area contributed by atoms with E-state index in [0.717, 1.165) is 0 Å². The van der Waals surface area contributed by atoms with Gasteiger partial charge in [0.05, 0.1) is 7.11 Å². The minimum absolute atomic E-state index is 0.227. The Morgan fingerprint density at radius 3 is 2.77 bits per heavy atom. The standard InChI is InChI=1S/C9H13FN2O/c1-6(12-11)8-5-7(13-2)3-4-9(8)10/h3-6,12H,11H2,1-2H3. The lowest BCUT2D eigenvalue weighted by Gasteiger charge is -2.12. The lowest BCUT2D eigenvalue weighted by molar-refractivity contribution is 0.411. The van der Waals surface area contributed by atoms with Crippen LogP contribution in [-0.2, 0) is 0 Å². The van der Waals surface area contributed by atoms with Crippen molar-refractivity contribution in [3.05, 3.63) is 29.6 Å². The summed E-state index contributed by atoms with van der Waals surface area (Å²) in [5.74, 6) is 5.54. The molecule has 0 saturated heterocycles. The average molecular weight is 184 g/mol.